The van der Waals surface area contributed by atoms with E-state index in [1.807, 2.05) is 13.0 Å². The third-order valence-corrected chi connectivity index (χ3v) is 5.72. The van der Waals surface area contributed by atoms with E-state index in [1.54, 1.807) is 0 Å². The van der Waals surface area contributed by atoms with E-state index in [9.17, 15) is 15.0 Å². The summed E-state index contributed by atoms with van der Waals surface area (Å²) in [6.07, 6.45) is 15.6. The quantitative estimate of drug-likeness (QED) is 0.279. The summed E-state index contributed by atoms with van der Waals surface area (Å²) < 4.78 is 4.65. The first kappa shape index (κ1) is 23.2. The Morgan fingerprint density at radius 2 is 1.88 bits per heavy atom. The van der Waals surface area contributed by atoms with Crippen LogP contribution in [0.4, 0.5) is 0 Å². The van der Waals surface area contributed by atoms with Crippen LogP contribution >= 0.6 is 0 Å². The van der Waals surface area contributed by atoms with Gasteiger partial charge in [-0.15, -0.1) is 0 Å². The Kier molecular flexibility index (Phi) is 11.1. The van der Waals surface area contributed by atoms with Crippen LogP contribution in [0.3, 0.4) is 0 Å². The average Bonchev–Trinajstić information content (AvgIpc) is 2.96. The molecule has 0 aromatic heterocycles. The first-order valence-electron chi connectivity index (χ1n) is 10.6. The number of aliphatic hydroxyl groups excluding tert-OH is 1. The van der Waals surface area contributed by atoms with Gasteiger partial charge in [0.15, 0.2) is 0 Å². The maximum Gasteiger partial charge on any atom is 0.305 e. The number of methoxy groups -OCH3 is 1. The van der Waals surface area contributed by atoms with Gasteiger partial charge >= 0.3 is 5.97 Å². The largest absolute Gasteiger partial charge is 0.469 e. The van der Waals surface area contributed by atoms with Crippen molar-refractivity contribution < 1.29 is 19.7 Å². The normalized spacial score (nSPS) is 25.5. The Bertz CT molecular complexity index is 416. The molecular formula is C22H40O4. The summed E-state index contributed by atoms with van der Waals surface area (Å²) in [5, 5.41) is 20.8. The highest BCUT2D eigenvalue weighted by atomic mass is 16.5. The van der Waals surface area contributed by atoms with Gasteiger partial charge in [-0.3, -0.25) is 4.79 Å². The lowest BCUT2D eigenvalue weighted by molar-refractivity contribution is -0.140. The number of hydrogen-bond acceptors (Lipinski definition) is 4. The molecule has 1 saturated carbocycles. The van der Waals surface area contributed by atoms with Gasteiger partial charge in [-0.1, -0.05) is 57.6 Å². The molecule has 2 N–H and O–H groups in total. The summed E-state index contributed by atoms with van der Waals surface area (Å²) in [6.45, 7) is 4.06. The van der Waals surface area contributed by atoms with Gasteiger partial charge in [0.25, 0.3) is 0 Å². The number of unbranched alkanes of at least 4 members (excludes halogenated alkanes) is 5. The lowest BCUT2D eigenvalue weighted by Gasteiger charge is -2.23. The number of aliphatic hydroxyl groups is 2. The van der Waals surface area contributed by atoms with Crippen LogP contribution in [-0.4, -0.2) is 35.0 Å². The lowest BCUT2D eigenvalue weighted by Crippen LogP contribution is -2.22. The number of esters is 1. The second-order valence-corrected chi connectivity index (χ2v) is 8.17. The monoisotopic (exact) mass is 368 g/mol. The van der Waals surface area contributed by atoms with E-state index < -0.39 is 5.60 Å². The van der Waals surface area contributed by atoms with Gasteiger partial charge in [-0.05, 0) is 50.9 Å². The summed E-state index contributed by atoms with van der Waals surface area (Å²) in [6, 6.07) is 0. The van der Waals surface area contributed by atoms with E-state index in [0.717, 1.165) is 70.6 Å². The van der Waals surface area contributed by atoms with E-state index in [2.05, 4.69) is 17.7 Å². The lowest BCUT2D eigenvalue weighted by atomic mass is 9.87. The smallest absolute Gasteiger partial charge is 0.305 e. The van der Waals surface area contributed by atoms with Gasteiger partial charge in [-0.25, -0.2) is 0 Å². The Labute approximate surface area is 160 Å². The highest BCUT2D eigenvalue weighted by Crippen LogP contribution is 2.37. The molecule has 0 heterocycles. The molecule has 1 aliphatic rings. The molecule has 1 fully saturated rings. The molecule has 3 unspecified atom stereocenters. The molecule has 1 aliphatic carbocycles. The van der Waals surface area contributed by atoms with Gasteiger partial charge in [0.2, 0.25) is 0 Å². The van der Waals surface area contributed by atoms with Gasteiger partial charge < -0.3 is 14.9 Å². The number of carbonyl (C=O) groups excluding carboxylic acids is 1. The van der Waals surface area contributed by atoms with Crippen molar-refractivity contribution in [3.05, 3.63) is 12.2 Å². The van der Waals surface area contributed by atoms with Crippen molar-refractivity contribution in [1.29, 1.82) is 0 Å². The van der Waals surface area contributed by atoms with Gasteiger partial charge in [0.1, 0.15) is 0 Å². The fourth-order valence-corrected chi connectivity index (χ4v) is 3.97. The molecule has 0 amide bonds. The van der Waals surface area contributed by atoms with Crippen molar-refractivity contribution in [2.75, 3.05) is 7.11 Å². The molecule has 1 rings (SSSR count). The molecule has 26 heavy (non-hydrogen) atoms. The van der Waals surface area contributed by atoms with Crippen LogP contribution in [0, 0.1) is 11.8 Å². The molecule has 0 radical (unpaired) electrons. The predicted octanol–water partition coefficient (Wildman–Crippen LogP) is 4.77. The van der Waals surface area contributed by atoms with E-state index >= 15 is 0 Å². The number of allylic oxidation sites excluding steroid dienone is 1. The zero-order valence-corrected chi connectivity index (χ0v) is 17.1. The number of hydrogen-bond donors (Lipinski definition) is 2. The molecule has 0 aromatic carbocycles. The molecule has 0 spiro atoms. The predicted molar refractivity (Wildman–Crippen MR) is 106 cm³/mol. The average molecular weight is 369 g/mol. The van der Waals surface area contributed by atoms with Crippen molar-refractivity contribution in [3.63, 3.8) is 0 Å². The first-order valence-corrected chi connectivity index (χ1v) is 10.6. The maximum atomic E-state index is 11.1. The molecule has 0 aromatic rings. The summed E-state index contributed by atoms with van der Waals surface area (Å²) in [7, 11) is 1.43. The van der Waals surface area contributed by atoms with E-state index in [4.69, 9.17) is 0 Å². The Morgan fingerprint density at radius 3 is 2.58 bits per heavy atom. The molecule has 4 atom stereocenters. The molecule has 0 aliphatic heterocycles. The van der Waals surface area contributed by atoms with Crippen molar-refractivity contribution in [2.24, 2.45) is 11.8 Å². The van der Waals surface area contributed by atoms with Gasteiger partial charge in [-0.2, -0.15) is 0 Å². The van der Waals surface area contributed by atoms with Crippen molar-refractivity contribution in [1.82, 2.24) is 0 Å². The molecule has 4 nitrogen and oxygen atoms in total. The minimum Gasteiger partial charge on any atom is -0.469 e. The SMILES string of the molecule is CCCCCC(C)(O)/C=C/C1CC[C@H](O)C1CCCCCCC(=O)OC. The van der Waals surface area contributed by atoms with Crippen molar-refractivity contribution >= 4 is 5.97 Å². The summed E-state index contributed by atoms with van der Waals surface area (Å²) in [5.41, 5.74) is -0.735. The Hall–Kier alpha value is -0.870. The van der Waals surface area contributed by atoms with E-state index in [1.165, 1.54) is 7.11 Å². The van der Waals surface area contributed by atoms with Crippen LogP contribution < -0.4 is 0 Å². The molecule has 152 valence electrons. The zero-order valence-electron chi connectivity index (χ0n) is 17.1. The van der Waals surface area contributed by atoms with E-state index in [-0.39, 0.29) is 12.1 Å². The highest BCUT2D eigenvalue weighted by molar-refractivity contribution is 5.68. The topological polar surface area (TPSA) is 66.8 Å². The summed E-state index contributed by atoms with van der Waals surface area (Å²) >= 11 is 0. The molecule has 0 bridgehead atoms. The van der Waals surface area contributed by atoms with Gasteiger partial charge in [0.05, 0.1) is 18.8 Å². The fourth-order valence-electron chi connectivity index (χ4n) is 3.97. The molecule has 0 saturated heterocycles. The first-order chi connectivity index (χ1) is 12.4. The molecule has 4 heteroatoms. The minimum absolute atomic E-state index is 0.132. The number of rotatable bonds is 13. The third kappa shape index (κ3) is 9.18. The zero-order chi connectivity index (χ0) is 19.4. The van der Waals surface area contributed by atoms with Gasteiger partial charge in [0, 0.05) is 6.42 Å². The number of carbonyl (C=O) groups is 1. The van der Waals surface area contributed by atoms with Crippen LogP contribution in [0.1, 0.15) is 90.9 Å². The Balaban J connectivity index is 2.34. The van der Waals surface area contributed by atoms with E-state index in [0.29, 0.717) is 18.3 Å². The number of ether oxygens (including phenoxy) is 1. The summed E-state index contributed by atoms with van der Waals surface area (Å²) in [5.74, 6) is 0.545. The van der Waals surface area contributed by atoms with Crippen LogP contribution in [0.5, 0.6) is 0 Å². The summed E-state index contributed by atoms with van der Waals surface area (Å²) in [4.78, 5) is 11.1. The second-order valence-electron chi connectivity index (χ2n) is 8.17. The third-order valence-electron chi connectivity index (χ3n) is 5.72. The van der Waals surface area contributed by atoms with Crippen molar-refractivity contribution in [3.8, 4) is 0 Å². The second kappa shape index (κ2) is 12.5. The molecular weight excluding hydrogens is 328 g/mol. The van der Waals surface area contributed by atoms with Crippen LogP contribution in [0.25, 0.3) is 0 Å². The maximum absolute atomic E-state index is 11.1. The van der Waals surface area contributed by atoms with Crippen molar-refractivity contribution in [2.45, 2.75) is 103 Å². The minimum atomic E-state index is -0.735. The van der Waals surface area contributed by atoms with Crippen LogP contribution in [0.15, 0.2) is 12.2 Å². The Morgan fingerprint density at radius 1 is 1.15 bits per heavy atom. The fraction of sp³-hybridized carbons (Fsp3) is 0.864. The highest BCUT2D eigenvalue weighted by Gasteiger charge is 2.33. The van der Waals surface area contributed by atoms with Crippen LogP contribution in [-0.2, 0) is 9.53 Å². The standard InChI is InChI=1S/C22H40O4/c1-4-5-10-16-22(2,25)17-15-18-13-14-20(23)19(18)11-8-6-7-9-12-21(24)26-3/h15,17-20,23,25H,4-14,16H2,1-3H3/b17-15+/t18?,19?,20-,22?/m0/s1. The van der Waals surface area contributed by atoms with Crippen LogP contribution in [0.2, 0.25) is 0 Å².